The monoisotopic (exact) mass is 556 g/mol. The number of aromatic nitrogens is 5. The third kappa shape index (κ3) is 5.52. The van der Waals surface area contributed by atoms with Gasteiger partial charge in [0.05, 0.1) is 18.9 Å². The lowest BCUT2D eigenvalue weighted by molar-refractivity contribution is 0.0941. The normalized spacial score (nSPS) is 13.4. The van der Waals surface area contributed by atoms with Crippen molar-refractivity contribution >= 4 is 35.0 Å². The van der Waals surface area contributed by atoms with Gasteiger partial charge < -0.3 is 24.6 Å². The van der Waals surface area contributed by atoms with E-state index in [0.717, 1.165) is 27.4 Å². The second-order valence-electron chi connectivity index (χ2n) is 9.19. The summed E-state index contributed by atoms with van der Waals surface area (Å²) in [6, 6.07) is 17.5. The Kier molecular flexibility index (Phi) is 7.40. The molecule has 1 aliphatic heterocycles. The quantitative estimate of drug-likeness (QED) is 0.299. The Balaban J connectivity index is 1.20. The molecule has 0 spiro atoms. The van der Waals surface area contributed by atoms with Crippen molar-refractivity contribution in [1.29, 1.82) is 0 Å². The van der Waals surface area contributed by atoms with Gasteiger partial charge >= 0.3 is 6.09 Å². The number of piperazine rings is 1. The zero-order valence-electron chi connectivity index (χ0n) is 21.9. The second kappa shape index (κ2) is 11.6. The van der Waals surface area contributed by atoms with E-state index in [-0.39, 0.29) is 12.7 Å². The van der Waals surface area contributed by atoms with Crippen molar-refractivity contribution in [1.82, 2.24) is 29.5 Å². The molecule has 1 aliphatic rings. The number of rotatable bonds is 8. The Labute approximate surface area is 235 Å². The van der Waals surface area contributed by atoms with E-state index in [1.807, 2.05) is 60.0 Å². The fraction of sp³-hybridized carbons (Fsp3) is 0.250. The molecule has 1 saturated heterocycles. The van der Waals surface area contributed by atoms with Crippen LogP contribution in [0, 0.1) is 0 Å². The van der Waals surface area contributed by atoms with Gasteiger partial charge in [-0.25, -0.2) is 9.78 Å². The highest BCUT2D eigenvalue weighted by molar-refractivity contribution is 7.13. The van der Waals surface area contributed by atoms with Crippen LogP contribution in [0.5, 0.6) is 5.75 Å². The highest BCUT2D eigenvalue weighted by Crippen LogP contribution is 2.28. The first-order valence-corrected chi connectivity index (χ1v) is 13.8. The number of carbonyl (C=O) groups is 1. The first-order valence-electron chi connectivity index (χ1n) is 12.9. The molecule has 6 rings (SSSR count). The molecule has 0 saturated carbocycles. The maximum absolute atomic E-state index is 12.7. The standard InChI is InChI=1S/C28H28N8O3S/c1-38-22-9-7-20(8-10-22)17-30-26-33-27(32-24-23(18-31-36(24)26)25-29-11-16-40-25)34-12-14-35(15-13-34)28(37)39-19-21-5-3-2-4-6-21/h2-11,16,18H,12-15,17,19H2,1H3,(H,30,32,33). The third-order valence-corrected chi connectivity index (χ3v) is 7.46. The number of nitrogens with one attached hydrogen (secondary N) is 1. The van der Waals surface area contributed by atoms with Crippen LogP contribution < -0.4 is 15.0 Å². The molecular weight excluding hydrogens is 528 g/mol. The lowest BCUT2D eigenvalue weighted by Gasteiger charge is -2.34. The Bertz CT molecular complexity index is 1570. The molecule has 1 fully saturated rings. The number of nitrogens with zero attached hydrogens (tertiary/aromatic N) is 7. The number of hydrogen-bond acceptors (Lipinski definition) is 10. The maximum Gasteiger partial charge on any atom is 0.410 e. The molecule has 4 heterocycles. The summed E-state index contributed by atoms with van der Waals surface area (Å²) in [4.78, 5) is 30.7. The summed E-state index contributed by atoms with van der Waals surface area (Å²) >= 11 is 1.53. The van der Waals surface area contributed by atoms with Crippen LogP contribution in [0.1, 0.15) is 11.1 Å². The molecule has 3 aromatic heterocycles. The number of amides is 1. The Morgan fingerprint density at radius 2 is 1.80 bits per heavy atom. The van der Waals surface area contributed by atoms with E-state index in [9.17, 15) is 4.79 Å². The summed E-state index contributed by atoms with van der Waals surface area (Å²) in [6.45, 7) is 2.97. The average molecular weight is 557 g/mol. The molecule has 0 aliphatic carbocycles. The minimum atomic E-state index is -0.316. The van der Waals surface area contributed by atoms with Gasteiger partial charge in [-0.1, -0.05) is 42.5 Å². The maximum atomic E-state index is 12.7. The molecule has 1 N–H and O–H groups in total. The SMILES string of the molecule is COc1ccc(CNc2nc(N3CCN(C(=O)OCc4ccccc4)CC3)nc3c(-c4nccs4)cnn23)cc1. The Morgan fingerprint density at radius 1 is 1.00 bits per heavy atom. The van der Waals surface area contributed by atoms with Crippen molar-refractivity contribution in [3.63, 3.8) is 0 Å². The predicted molar refractivity (Wildman–Crippen MR) is 153 cm³/mol. The predicted octanol–water partition coefficient (Wildman–Crippen LogP) is 4.33. The minimum Gasteiger partial charge on any atom is -0.497 e. The molecule has 0 radical (unpaired) electrons. The first kappa shape index (κ1) is 25.6. The molecule has 40 heavy (non-hydrogen) atoms. The Morgan fingerprint density at radius 3 is 2.52 bits per heavy atom. The van der Waals surface area contributed by atoms with Gasteiger partial charge in [-0.05, 0) is 23.3 Å². The number of carbonyl (C=O) groups excluding carboxylic acids is 1. The number of anilines is 2. The smallest absolute Gasteiger partial charge is 0.410 e. The van der Waals surface area contributed by atoms with Crippen molar-refractivity contribution in [2.45, 2.75) is 13.2 Å². The van der Waals surface area contributed by atoms with Crippen LogP contribution >= 0.6 is 11.3 Å². The number of methoxy groups -OCH3 is 1. The summed E-state index contributed by atoms with van der Waals surface area (Å²) in [7, 11) is 1.65. The fourth-order valence-corrected chi connectivity index (χ4v) is 5.10. The molecule has 12 heteroatoms. The molecule has 204 valence electrons. The van der Waals surface area contributed by atoms with Crippen molar-refractivity contribution in [2.75, 3.05) is 43.5 Å². The van der Waals surface area contributed by atoms with E-state index in [1.165, 1.54) is 11.3 Å². The van der Waals surface area contributed by atoms with Crippen LogP contribution in [0.4, 0.5) is 16.7 Å². The van der Waals surface area contributed by atoms with Crippen molar-refractivity contribution < 1.29 is 14.3 Å². The zero-order chi connectivity index (χ0) is 27.3. The van der Waals surface area contributed by atoms with Gasteiger partial charge in [0, 0.05) is 44.3 Å². The summed E-state index contributed by atoms with van der Waals surface area (Å²) < 4.78 is 12.5. The van der Waals surface area contributed by atoms with Gasteiger partial charge in [0.25, 0.3) is 0 Å². The van der Waals surface area contributed by atoms with Gasteiger partial charge in [0.15, 0.2) is 5.65 Å². The van der Waals surface area contributed by atoms with Crippen LogP contribution in [-0.2, 0) is 17.9 Å². The van der Waals surface area contributed by atoms with E-state index in [2.05, 4.69) is 20.3 Å². The largest absolute Gasteiger partial charge is 0.497 e. The number of benzene rings is 2. The van der Waals surface area contributed by atoms with Gasteiger partial charge in [-0.3, -0.25) is 0 Å². The van der Waals surface area contributed by atoms with Crippen LogP contribution in [0.15, 0.2) is 72.4 Å². The molecule has 5 aromatic rings. The Hall–Kier alpha value is -4.71. The lowest BCUT2D eigenvalue weighted by atomic mass is 10.2. The summed E-state index contributed by atoms with van der Waals surface area (Å²) in [5.41, 5.74) is 3.54. The van der Waals surface area contributed by atoms with Crippen LogP contribution in [-0.4, -0.2) is 68.8 Å². The van der Waals surface area contributed by atoms with E-state index in [0.29, 0.717) is 50.3 Å². The van der Waals surface area contributed by atoms with Crippen molar-refractivity contribution in [2.24, 2.45) is 0 Å². The van der Waals surface area contributed by atoms with Gasteiger partial charge in [-0.2, -0.15) is 19.6 Å². The topological polar surface area (TPSA) is 110 Å². The molecule has 2 aromatic carbocycles. The fourth-order valence-electron chi connectivity index (χ4n) is 4.45. The van der Waals surface area contributed by atoms with Gasteiger partial charge in [0.2, 0.25) is 11.9 Å². The van der Waals surface area contributed by atoms with Gasteiger partial charge in [-0.15, -0.1) is 11.3 Å². The zero-order valence-corrected chi connectivity index (χ0v) is 22.8. The summed E-state index contributed by atoms with van der Waals surface area (Å²) in [5.74, 6) is 1.95. The molecule has 11 nitrogen and oxygen atoms in total. The molecule has 0 unspecified atom stereocenters. The molecule has 1 amide bonds. The van der Waals surface area contributed by atoms with E-state index in [1.54, 1.807) is 28.9 Å². The highest BCUT2D eigenvalue weighted by atomic mass is 32.1. The van der Waals surface area contributed by atoms with Gasteiger partial charge in [0.1, 0.15) is 17.4 Å². The molecular formula is C28H28N8O3S. The number of ether oxygens (including phenoxy) is 2. The minimum absolute atomic E-state index is 0.254. The van der Waals surface area contributed by atoms with Crippen LogP contribution in [0.25, 0.3) is 16.2 Å². The third-order valence-electron chi connectivity index (χ3n) is 6.65. The number of thiazole rings is 1. The number of fused-ring (bicyclic) bond motifs is 1. The van der Waals surface area contributed by atoms with E-state index in [4.69, 9.17) is 19.4 Å². The lowest BCUT2D eigenvalue weighted by Crippen LogP contribution is -2.49. The summed E-state index contributed by atoms with van der Waals surface area (Å²) in [5, 5.41) is 10.8. The van der Waals surface area contributed by atoms with E-state index < -0.39 is 0 Å². The highest BCUT2D eigenvalue weighted by Gasteiger charge is 2.25. The van der Waals surface area contributed by atoms with Crippen molar-refractivity contribution in [3.8, 4) is 16.3 Å². The first-order chi connectivity index (χ1) is 19.7. The van der Waals surface area contributed by atoms with Crippen LogP contribution in [0.2, 0.25) is 0 Å². The van der Waals surface area contributed by atoms with Crippen molar-refractivity contribution in [3.05, 3.63) is 83.5 Å². The van der Waals surface area contributed by atoms with Crippen LogP contribution in [0.3, 0.4) is 0 Å². The second-order valence-corrected chi connectivity index (χ2v) is 10.1. The average Bonchev–Trinajstić information content (AvgIpc) is 3.70. The molecule has 0 bridgehead atoms. The number of hydrogen-bond donors (Lipinski definition) is 1. The summed E-state index contributed by atoms with van der Waals surface area (Å²) in [6.07, 6.45) is 3.22. The molecule has 0 atom stereocenters. The van der Waals surface area contributed by atoms with E-state index >= 15 is 0 Å².